The first-order valence-corrected chi connectivity index (χ1v) is 7.01. The van der Waals surface area contributed by atoms with Gasteiger partial charge in [0, 0.05) is 6.04 Å². The summed E-state index contributed by atoms with van der Waals surface area (Å²) in [5, 5.41) is 3.62. The molecule has 1 unspecified atom stereocenters. The molecule has 0 spiro atoms. The minimum atomic E-state index is 0.425. The van der Waals surface area contributed by atoms with E-state index < -0.39 is 0 Å². The van der Waals surface area contributed by atoms with Crippen LogP contribution in [-0.2, 0) is 0 Å². The van der Waals surface area contributed by atoms with Crippen molar-refractivity contribution in [1.82, 2.24) is 5.32 Å². The molecule has 0 saturated carbocycles. The summed E-state index contributed by atoms with van der Waals surface area (Å²) in [5.74, 6) is 0. The molecule has 1 aromatic carbocycles. The molecule has 0 bridgehead atoms. The lowest BCUT2D eigenvalue weighted by atomic mass is 9.95. The Balaban J connectivity index is 2.11. The number of hydrogen-bond acceptors (Lipinski definition) is 1. The molecule has 1 aliphatic rings. The van der Waals surface area contributed by atoms with Crippen molar-refractivity contribution in [1.29, 1.82) is 0 Å². The molecule has 0 heterocycles. The minimum Gasteiger partial charge on any atom is -0.310 e. The summed E-state index contributed by atoms with van der Waals surface area (Å²) in [4.78, 5) is 0. The fraction of sp³-hybridized carbons (Fsp3) is 0.412. The summed E-state index contributed by atoms with van der Waals surface area (Å²) in [6.07, 6.45) is 10.2. The zero-order valence-electron chi connectivity index (χ0n) is 11.4. The smallest absolute Gasteiger partial charge is 0.0297 e. The maximum atomic E-state index is 3.62. The predicted octanol–water partition coefficient (Wildman–Crippen LogP) is 4.48. The van der Waals surface area contributed by atoms with Gasteiger partial charge in [0.1, 0.15) is 0 Å². The molecule has 96 valence electrons. The van der Waals surface area contributed by atoms with Gasteiger partial charge in [0.05, 0.1) is 0 Å². The Morgan fingerprint density at radius 1 is 1.28 bits per heavy atom. The Labute approximate surface area is 111 Å². The minimum absolute atomic E-state index is 0.425. The Morgan fingerprint density at radius 3 is 2.83 bits per heavy atom. The van der Waals surface area contributed by atoms with Crippen molar-refractivity contribution in [2.45, 2.75) is 39.2 Å². The number of benzene rings is 1. The molecule has 1 heteroatoms. The average Bonchev–Trinajstić information content (AvgIpc) is 2.93. The van der Waals surface area contributed by atoms with Crippen LogP contribution in [0.5, 0.6) is 0 Å². The topological polar surface area (TPSA) is 12.0 Å². The highest BCUT2D eigenvalue weighted by atomic mass is 14.9. The van der Waals surface area contributed by atoms with Crippen LogP contribution in [0.2, 0.25) is 0 Å². The van der Waals surface area contributed by atoms with E-state index in [0.717, 1.165) is 13.0 Å². The van der Waals surface area contributed by atoms with Crippen LogP contribution in [0.1, 0.15) is 50.3 Å². The molecule has 0 saturated heterocycles. The number of allylic oxidation sites excluding steroid dienone is 4. The lowest BCUT2D eigenvalue weighted by Gasteiger charge is -2.18. The summed E-state index contributed by atoms with van der Waals surface area (Å²) in [6, 6.07) is 9.19. The molecule has 0 aliphatic heterocycles. The zero-order chi connectivity index (χ0) is 12.8. The molecular weight excluding hydrogens is 218 g/mol. The summed E-state index contributed by atoms with van der Waals surface area (Å²) >= 11 is 0. The van der Waals surface area contributed by atoms with E-state index in [1.54, 1.807) is 0 Å². The van der Waals surface area contributed by atoms with Crippen LogP contribution < -0.4 is 5.32 Å². The number of unbranched alkanes of at least 4 members (excludes halogenated alkanes) is 1. The van der Waals surface area contributed by atoms with E-state index in [4.69, 9.17) is 0 Å². The lowest BCUT2D eigenvalue weighted by Crippen LogP contribution is -2.20. The van der Waals surface area contributed by atoms with Gasteiger partial charge >= 0.3 is 0 Å². The molecule has 2 rings (SSSR count). The molecule has 1 nitrogen and oxygen atoms in total. The third-order valence-electron chi connectivity index (χ3n) is 3.53. The molecule has 1 aromatic rings. The van der Waals surface area contributed by atoms with Gasteiger partial charge in [-0.1, -0.05) is 55.8 Å². The second kappa shape index (κ2) is 6.55. The Kier molecular flexibility index (Phi) is 4.77. The van der Waals surface area contributed by atoms with Crippen LogP contribution in [0.25, 0.3) is 5.57 Å². The predicted molar refractivity (Wildman–Crippen MR) is 79.5 cm³/mol. The monoisotopic (exact) mass is 241 g/mol. The van der Waals surface area contributed by atoms with E-state index in [2.05, 4.69) is 61.7 Å². The third-order valence-corrected chi connectivity index (χ3v) is 3.53. The van der Waals surface area contributed by atoms with Gasteiger partial charge in [0.25, 0.3) is 0 Å². The quantitative estimate of drug-likeness (QED) is 0.724. The van der Waals surface area contributed by atoms with E-state index in [-0.39, 0.29) is 0 Å². The normalized spacial score (nSPS) is 15.8. The Morgan fingerprint density at radius 2 is 2.11 bits per heavy atom. The van der Waals surface area contributed by atoms with E-state index in [1.165, 1.54) is 29.5 Å². The molecule has 0 aromatic heterocycles. The van der Waals surface area contributed by atoms with Gasteiger partial charge in [0.15, 0.2) is 0 Å². The second-order valence-electron chi connectivity index (χ2n) is 4.94. The van der Waals surface area contributed by atoms with Crippen LogP contribution in [0, 0.1) is 0 Å². The maximum Gasteiger partial charge on any atom is 0.0297 e. The van der Waals surface area contributed by atoms with Gasteiger partial charge in [-0.15, -0.1) is 0 Å². The standard InChI is InChI=1S/C17H23N/c1-3-4-13-18-14(2)16-11-7-8-12-17(16)15-9-5-6-10-15/h5-9,11-12,14,18H,3-4,10,13H2,1-2H3. The first-order chi connectivity index (χ1) is 8.83. The fourth-order valence-electron chi connectivity index (χ4n) is 2.42. The van der Waals surface area contributed by atoms with Crippen molar-refractivity contribution in [2.24, 2.45) is 0 Å². The van der Waals surface area contributed by atoms with Gasteiger partial charge < -0.3 is 5.32 Å². The van der Waals surface area contributed by atoms with Crippen molar-refractivity contribution < 1.29 is 0 Å². The molecule has 1 atom stereocenters. The van der Waals surface area contributed by atoms with Crippen molar-refractivity contribution >= 4 is 5.57 Å². The maximum absolute atomic E-state index is 3.62. The van der Waals surface area contributed by atoms with Crippen LogP contribution in [0.15, 0.2) is 42.5 Å². The van der Waals surface area contributed by atoms with E-state index >= 15 is 0 Å². The summed E-state index contributed by atoms with van der Waals surface area (Å²) in [5.41, 5.74) is 4.26. The number of nitrogens with one attached hydrogen (secondary N) is 1. The van der Waals surface area contributed by atoms with E-state index in [9.17, 15) is 0 Å². The van der Waals surface area contributed by atoms with E-state index in [0.29, 0.717) is 6.04 Å². The Hall–Kier alpha value is -1.34. The van der Waals surface area contributed by atoms with Crippen molar-refractivity contribution in [3.8, 4) is 0 Å². The van der Waals surface area contributed by atoms with Gasteiger partial charge in [-0.3, -0.25) is 0 Å². The number of rotatable bonds is 6. The van der Waals surface area contributed by atoms with Crippen LogP contribution in [0.3, 0.4) is 0 Å². The summed E-state index contributed by atoms with van der Waals surface area (Å²) < 4.78 is 0. The van der Waals surface area contributed by atoms with Crippen LogP contribution >= 0.6 is 0 Å². The Bertz CT molecular complexity index is 443. The molecule has 0 fully saturated rings. The third kappa shape index (κ3) is 3.11. The molecule has 18 heavy (non-hydrogen) atoms. The van der Waals surface area contributed by atoms with Crippen molar-refractivity contribution in [3.05, 3.63) is 53.6 Å². The summed E-state index contributed by atoms with van der Waals surface area (Å²) in [7, 11) is 0. The highest BCUT2D eigenvalue weighted by molar-refractivity contribution is 5.73. The molecule has 1 N–H and O–H groups in total. The van der Waals surface area contributed by atoms with Crippen LogP contribution in [0.4, 0.5) is 0 Å². The zero-order valence-corrected chi connectivity index (χ0v) is 11.4. The van der Waals surface area contributed by atoms with Gasteiger partial charge in [-0.2, -0.15) is 0 Å². The largest absolute Gasteiger partial charge is 0.310 e. The lowest BCUT2D eigenvalue weighted by molar-refractivity contribution is 0.553. The van der Waals surface area contributed by atoms with Crippen molar-refractivity contribution in [2.75, 3.05) is 6.54 Å². The first kappa shape index (κ1) is 13.1. The SMILES string of the molecule is CCCCNC(C)c1ccccc1C1=CC=CC1. The average molecular weight is 241 g/mol. The fourth-order valence-corrected chi connectivity index (χ4v) is 2.42. The van der Waals surface area contributed by atoms with Crippen LogP contribution in [-0.4, -0.2) is 6.54 Å². The number of hydrogen-bond donors (Lipinski definition) is 1. The van der Waals surface area contributed by atoms with Gasteiger partial charge in [-0.05, 0) is 43.0 Å². The molecule has 0 amide bonds. The summed E-state index contributed by atoms with van der Waals surface area (Å²) in [6.45, 7) is 5.59. The highest BCUT2D eigenvalue weighted by Crippen LogP contribution is 2.29. The highest BCUT2D eigenvalue weighted by Gasteiger charge is 2.12. The van der Waals surface area contributed by atoms with E-state index in [1.807, 2.05) is 0 Å². The molecule has 0 radical (unpaired) electrons. The van der Waals surface area contributed by atoms with Crippen molar-refractivity contribution in [3.63, 3.8) is 0 Å². The first-order valence-electron chi connectivity index (χ1n) is 7.01. The second-order valence-corrected chi connectivity index (χ2v) is 4.94. The molecular formula is C17H23N. The van der Waals surface area contributed by atoms with Gasteiger partial charge in [0.2, 0.25) is 0 Å². The van der Waals surface area contributed by atoms with Gasteiger partial charge in [-0.25, -0.2) is 0 Å². The molecule has 1 aliphatic carbocycles.